The number of hydrogen-bond acceptors (Lipinski definition) is 3. The molecule has 1 aromatic rings. The average Bonchev–Trinajstić information content (AvgIpc) is 2.20. The normalized spacial score (nSPS) is 12.1. The first kappa shape index (κ1) is 16.4. The third kappa shape index (κ3) is 4.20. The number of hydrogen-bond donors (Lipinski definition) is 0. The van der Waals surface area contributed by atoms with Crippen molar-refractivity contribution in [2.45, 2.75) is 13.9 Å². The Labute approximate surface area is 131 Å². The van der Waals surface area contributed by atoms with Gasteiger partial charge in [0.2, 0.25) is 0 Å². The van der Waals surface area contributed by atoms with Crippen LogP contribution in [0.3, 0.4) is 0 Å². The molecule has 0 fully saturated rings. The Morgan fingerprint density at radius 1 is 1.28 bits per heavy atom. The minimum atomic E-state index is -3.64. The van der Waals surface area contributed by atoms with Gasteiger partial charge in [0.25, 0.3) is 3.79 Å². The molecule has 0 amide bonds. The van der Waals surface area contributed by atoms with E-state index in [0.29, 0.717) is 0 Å². The first-order valence-corrected chi connectivity index (χ1v) is 6.92. The lowest BCUT2D eigenvalue weighted by Gasteiger charge is -2.23. The Balaban J connectivity index is 3.18. The van der Waals surface area contributed by atoms with Crippen molar-refractivity contribution in [1.29, 1.82) is 0 Å². The van der Waals surface area contributed by atoms with Crippen LogP contribution in [0.2, 0.25) is 5.02 Å². The largest absolute Gasteiger partial charge is 0.344 e. The van der Waals surface area contributed by atoms with E-state index in [-0.39, 0.29) is 27.4 Å². The van der Waals surface area contributed by atoms with Gasteiger partial charge in [0.1, 0.15) is 0 Å². The van der Waals surface area contributed by atoms with Crippen LogP contribution in [-0.4, -0.2) is 14.2 Å². The molecule has 0 heterocycles. The molecule has 0 atom stereocenters. The van der Waals surface area contributed by atoms with Crippen molar-refractivity contribution in [2.75, 3.05) is 0 Å². The Morgan fingerprint density at radius 2 is 1.89 bits per heavy atom. The van der Waals surface area contributed by atoms with E-state index in [1.54, 1.807) is 0 Å². The van der Waals surface area contributed by atoms with Gasteiger partial charge in [-0.05, 0) is 42.2 Å². The molecule has 18 heavy (non-hydrogen) atoms. The second-order valence-corrected chi connectivity index (χ2v) is 6.99. The Morgan fingerprint density at radius 3 is 2.39 bits per heavy atom. The standard InChI is InChI=1S/C9H3Cl4F2NS2/c10-5-1-2-6(16-4-17)7(3-5)18-9(14,15)8(11,12)13/h1-3H. The van der Waals surface area contributed by atoms with Crippen LogP contribution in [0.15, 0.2) is 28.1 Å². The van der Waals surface area contributed by atoms with Crippen molar-refractivity contribution in [3.05, 3.63) is 23.2 Å². The smallest absolute Gasteiger partial charge is 0.194 e. The molecule has 98 valence electrons. The molecule has 1 aromatic carbocycles. The van der Waals surface area contributed by atoms with E-state index in [0.717, 1.165) is 0 Å². The second-order valence-electron chi connectivity index (χ2n) is 2.93. The zero-order chi connectivity index (χ0) is 14.0. The van der Waals surface area contributed by atoms with Crippen molar-refractivity contribution in [3.8, 4) is 0 Å². The van der Waals surface area contributed by atoms with Gasteiger partial charge < -0.3 is 0 Å². The lowest BCUT2D eigenvalue weighted by atomic mass is 10.3. The number of thioether (sulfide) groups is 1. The van der Waals surface area contributed by atoms with Crippen LogP contribution in [0.4, 0.5) is 14.5 Å². The molecule has 0 spiro atoms. The SMILES string of the molecule is FC(F)(Sc1cc(Cl)ccc1N=C=S)C(Cl)(Cl)Cl. The second kappa shape index (κ2) is 6.23. The van der Waals surface area contributed by atoms with Gasteiger partial charge in [-0.15, -0.1) is 0 Å². The highest BCUT2D eigenvalue weighted by atomic mass is 35.6. The highest BCUT2D eigenvalue weighted by molar-refractivity contribution is 8.00. The molecule has 0 aromatic heterocycles. The van der Waals surface area contributed by atoms with Gasteiger partial charge in [0.15, 0.2) is 0 Å². The van der Waals surface area contributed by atoms with E-state index in [4.69, 9.17) is 46.4 Å². The monoisotopic (exact) mass is 367 g/mol. The molecule has 0 unspecified atom stereocenters. The maximum Gasteiger partial charge on any atom is 0.344 e. The average molecular weight is 369 g/mol. The van der Waals surface area contributed by atoms with E-state index >= 15 is 0 Å². The minimum absolute atomic E-state index is 0.0381. The van der Waals surface area contributed by atoms with Crippen molar-refractivity contribution < 1.29 is 8.78 Å². The summed E-state index contributed by atoms with van der Waals surface area (Å²) in [4.78, 5) is 3.67. The summed E-state index contributed by atoms with van der Waals surface area (Å²) in [5, 5.41) is -1.32. The third-order valence-electron chi connectivity index (χ3n) is 1.66. The molecule has 0 aliphatic heterocycles. The number of thiocarbonyl (C=S) groups is 1. The summed E-state index contributed by atoms with van der Waals surface area (Å²) in [6, 6.07) is 4.17. The topological polar surface area (TPSA) is 12.4 Å². The third-order valence-corrected chi connectivity index (χ3v) is 4.14. The van der Waals surface area contributed by atoms with Crippen LogP contribution in [0, 0.1) is 0 Å². The minimum Gasteiger partial charge on any atom is -0.194 e. The molecule has 0 aliphatic carbocycles. The molecule has 0 N–H and O–H groups in total. The van der Waals surface area contributed by atoms with Crippen molar-refractivity contribution in [2.24, 2.45) is 4.99 Å². The molecule has 0 radical (unpaired) electrons. The maximum atomic E-state index is 13.6. The highest BCUT2D eigenvalue weighted by Crippen LogP contribution is 2.53. The molecule has 0 saturated carbocycles. The van der Waals surface area contributed by atoms with Crippen LogP contribution in [-0.2, 0) is 0 Å². The van der Waals surface area contributed by atoms with E-state index in [2.05, 4.69) is 22.4 Å². The highest BCUT2D eigenvalue weighted by Gasteiger charge is 2.52. The van der Waals surface area contributed by atoms with Gasteiger partial charge in [-0.25, -0.2) is 0 Å². The van der Waals surface area contributed by atoms with E-state index in [9.17, 15) is 8.78 Å². The van der Waals surface area contributed by atoms with Gasteiger partial charge in [-0.2, -0.15) is 13.8 Å². The summed E-state index contributed by atoms with van der Waals surface area (Å²) >= 11 is 25.8. The van der Waals surface area contributed by atoms with Gasteiger partial charge in [0, 0.05) is 9.92 Å². The zero-order valence-electron chi connectivity index (χ0n) is 8.26. The first-order chi connectivity index (χ1) is 8.17. The number of rotatable bonds is 3. The van der Waals surface area contributed by atoms with E-state index < -0.39 is 9.05 Å². The number of halogens is 6. The number of aliphatic imine (C=N–C) groups is 1. The fourth-order valence-corrected chi connectivity index (χ4v) is 2.39. The molecule has 1 rings (SSSR count). The van der Waals surface area contributed by atoms with Crippen LogP contribution >= 0.6 is 70.4 Å². The molecule has 9 heteroatoms. The maximum absolute atomic E-state index is 13.6. The van der Waals surface area contributed by atoms with E-state index in [1.165, 1.54) is 18.2 Å². The van der Waals surface area contributed by atoms with Crippen LogP contribution < -0.4 is 0 Å². The Hall–Kier alpha value is 0.390. The molecule has 0 saturated heterocycles. The first-order valence-electron chi connectivity index (χ1n) is 4.18. The summed E-state index contributed by atoms with van der Waals surface area (Å²) in [6.07, 6.45) is 0. The quantitative estimate of drug-likeness (QED) is 0.275. The van der Waals surface area contributed by atoms with Gasteiger partial charge >= 0.3 is 5.25 Å². The van der Waals surface area contributed by atoms with Crippen molar-refractivity contribution in [3.63, 3.8) is 0 Å². The van der Waals surface area contributed by atoms with Crippen molar-refractivity contribution in [1.82, 2.24) is 0 Å². The summed E-state index contributed by atoms with van der Waals surface area (Å²) < 4.78 is 24.5. The Kier molecular flexibility index (Phi) is 5.69. The summed E-state index contributed by atoms with van der Waals surface area (Å²) in [7, 11) is 0. The predicted octanol–water partition coefficient (Wildman–Crippen LogP) is 6.13. The molecular weight excluding hydrogens is 366 g/mol. The van der Waals surface area contributed by atoms with Gasteiger partial charge in [-0.3, -0.25) is 0 Å². The Bertz CT molecular complexity index is 498. The molecule has 0 bridgehead atoms. The lowest BCUT2D eigenvalue weighted by molar-refractivity contribution is 0.111. The molecule has 0 aliphatic rings. The van der Waals surface area contributed by atoms with Gasteiger partial charge in [0.05, 0.1) is 10.8 Å². The number of isothiocyanates is 1. The fraction of sp³-hybridized carbons (Fsp3) is 0.222. The van der Waals surface area contributed by atoms with Crippen molar-refractivity contribution >= 4 is 81.2 Å². The summed E-state index contributed by atoms with van der Waals surface area (Å²) in [6.45, 7) is 0. The summed E-state index contributed by atoms with van der Waals surface area (Å²) in [5.41, 5.74) is 0.174. The molecular formula is C9H3Cl4F2NS2. The predicted molar refractivity (Wildman–Crippen MR) is 77.2 cm³/mol. The summed E-state index contributed by atoms with van der Waals surface area (Å²) in [5.74, 6) is 0. The number of nitrogens with zero attached hydrogens (tertiary/aromatic N) is 1. The van der Waals surface area contributed by atoms with Crippen LogP contribution in [0.5, 0.6) is 0 Å². The number of alkyl halides is 5. The number of benzene rings is 1. The van der Waals surface area contributed by atoms with Crippen LogP contribution in [0.25, 0.3) is 0 Å². The van der Waals surface area contributed by atoms with Crippen LogP contribution in [0.1, 0.15) is 0 Å². The van der Waals surface area contributed by atoms with Gasteiger partial charge in [-0.1, -0.05) is 46.4 Å². The fourth-order valence-electron chi connectivity index (χ4n) is 0.907. The lowest BCUT2D eigenvalue weighted by Crippen LogP contribution is -2.29. The zero-order valence-corrected chi connectivity index (χ0v) is 12.9. The van der Waals surface area contributed by atoms with E-state index in [1.807, 2.05) is 0 Å². The molecule has 1 nitrogen and oxygen atoms in total.